The smallest absolute Gasteiger partial charge is 0.146 e. The van der Waals surface area contributed by atoms with E-state index < -0.39 is 0 Å². The van der Waals surface area contributed by atoms with E-state index in [4.69, 9.17) is 11.0 Å². The number of nitrogens with two attached hydrogens (primary N) is 1. The van der Waals surface area contributed by atoms with Crippen LogP contribution in [0.3, 0.4) is 0 Å². The molecular formula is C13H20N4. The second kappa shape index (κ2) is 6.09. The van der Waals surface area contributed by atoms with Crippen LogP contribution in [0.15, 0.2) is 12.3 Å². The topological polar surface area (TPSA) is 65.9 Å². The minimum Gasteiger partial charge on any atom is -0.397 e. The molecule has 1 heterocycles. The number of rotatable bonds is 5. The van der Waals surface area contributed by atoms with E-state index in [0.717, 1.165) is 25.3 Å². The van der Waals surface area contributed by atoms with Crippen LogP contribution in [0.2, 0.25) is 0 Å². The van der Waals surface area contributed by atoms with E-state index in [1.54, 1.807) is 12.3 Å². The van der Waals surface area contributed by atoms with Crippen LogP contribution >= 0.6 is 0 Å². The van der Waals surface area contributed by atoms with Gasteiger partial charge in [0.1, 0.15) is 11.9 Å². The van der Waals surface area contributed by atoms with Gasteiger partial charge in [0.2, 0.25) is 0 Å². The Hall–Kier alpha value is -1.76. The average molecular weight is 232 g/mol. The van der Waals surface area contributed by atoms with Crippen LogP contribution in [0.25, 0.3) is 0 Å². The van der Waals surface area contributed by atoms with Gasteiger partial charge in [0.25, 0.3) is 0 Å². The highest BCUT2D eigenvalue weighted by Crippen LogP contribution is 2.20. The highest BCUT2D eigenvalue weighted by atomic mass is 15.2. The van der Waals surface area contributed by atoms with Gasteiger partial charge in [-0.2, -0.15) is 5.26 Å². The molecule has 1 atom stereocenters. The summed E-state index contributed by atoms with van der Waals surface area (Å²) in [4.78, 5) is 6.42. The molecule has 0 spiro atoms. The molecule has 0 aliphatic rings. The van der Waals surface area contributed by atoms with Crippen molar-refractivity contribution in [3.05, 3.63) is 17.8 Å². The van der Waals surface area contributed by atoms with E-state index >= 15 is 0 Å². The Bertz CT molecular complexity index is 408. The van der Waals surface area contributed by atoms with Gasteiger partial charge >= 0.3 is 0 Å². The molecule has 1 rings (SSSR count). The zero-order valence-electron chi connectivity index (χ0n) is 10.8. The van der Waals surface area contributed by atoms with Crippen LogP contribution < -0.4 is 10.6 Å². The number of aromatic nitrogens is 1. The maximum absolute atomic E-state index is 9.11. The van der Waals surface area contributed by atoms with Crippen molar-refractivity contribution in [1.82, 2.24) is 4.98 Å². The van der Waals surface area contributed by atoms with Gasteiger partial charge < -0.3 is 10.6 Å². The van der Waals surface area contributed by atoms with Crippen molar-refractivity contribution in [3.63, 3.8) is 0 Å². The van der Waals surface area contributed by atoms with Crippen molar-refractivity contribution in [2.45, 2.75) is 27.2 Å². The van der Waals surface area contributed by atoms with Crippen LogP contribution in [0.1, 0.15) is 32.8 Å². The fourth-order valence-corrected chi connectivity index (χ4v) is 1.68. The van der Waals surface area contributed by atoms with Crippen molar-refractivity contribution < 1.29 is 0 Å². The van der Waals surface area contributed by atoms with E-state index in [-0.39, 0.29) is 0 Å². The monoisotopic (exact) mass is 232 g/mol. The largest absolute Gasteiger partial charge is 0.397 e. The maximum atomic E-state index is 9.11. The van der Waals surface area contributed by atoms with Gasteiger partial charge in [-0.25, -0.2) is 4.98 Å². The summed E-state index contributed by atoms with van der Waals surface area (Å²) in [6.45, 7) is 8.20. The number of nitriles is 1. The predicted octanol–water partition coefficient (Wildman–Crippen LogP) is 2.41. The van der Waals surface area contributed by atoms with Gasteiger partial charge in [0.15, 0.2) is 0 Å². The number of anilines is 2. The van der Waals surface area contributed by atoms with Crippen molar-refractivity contribution in [2.75, 3.05) is 23.7 Å². The molecule has 0 aliphatic heterocycles. The first-order valence-electron chi connectivity index (χ1n) is 6.02. The lowest BCUT2D eigenvalue weighted by molar-refractivity contribution is 0.545. The van der Waals surface area contributed by atoms with Crippen LogP contribution in [-0.2, 0) is 0 Å². The molecule has 0 saturated carbocycles. The molecule has 4 heteroatoms. The van der Waals surface area contributed by atoms with Crippen molar-refractivity contribution in [2.24, 2.45) is 5.92 Å². The normalized spacial score (nSPS) is 11.9. The average Bonchev–Trinajstić information content (AvgIpc) is 2.35. The van der Waals surface area contributed by atoms with Crippen molar-refractivity contribution in [1.29, 1.82) is 5.26 Å². The number of nitrogens with zero attached hydrogens (tertiary/aromatic N) is 3. The molecule has 0 amide bonds. The molecule has 92 valence electrons. The Morgan fingerprint density at radius 3 is 2.76 bits per heavy atom. The number of pyridine rings is 1. The van der Waals surface area contributed by atoms with Crippen LogP contribution in [0.4, 0.5) is 11.5 Å². The molecule has 1 aromatic rings. The molecule has 4 nitrogen and oxygen atoms in total. The molecule has 0 bridgehead atoms. The summed E-state index contributed by atoms with van der Waals surface area (Å²) in [6, 6.07) is 3.84. The van der Waals surface area contributed by atoms with Gasteiger partial charge in [-0.3, -0.25) is 0 Å². The third-order valence-corrected chi connectivity index (χ3v) is 2.92. The number of hydrogen-bond donors (Lipinski definition) is 1. The summed E-state index contributed by atoms with van der Waals surface area (Å²) in [7, 11) is 0. The fourth-order valence-electron chi connectivity index (χ4n) is 1.68. The summed E-state index contributed by atoms with van der Waals surface area (Å²) in [5.74, 6) is 1.32. The summed E-state index contributed by atoms with van der Waals surface area (Å²) in [5.41, 5.74) is 6.72. The minimum absolute atomic E-state index is 0.532. The highest BCUT2D eigenvalue weighted by molar-refractivity contribution is 5.58. The summed E-state index contributed by atoms with van der Waals surface area (Å²) in [6.07, 6.45) is 2.73. The van der Waals surface area contributed by atoms with Gasteiger partial charge in [-0.1, -0.05) is 20.3 Å². The lowest BCUT2D eigenvalue weighted by Gasteiger charge is -2.25. The van der Waals surface area contributed by atoms with Gasteiger partial charge in [-0.05, 0) is 18.9 Å². The first-order chi connectivity index (χ1) is 8.12. The second-order valence-electron chi connectivity index (χ2n) is 4.30. The van der Waals surface area contributed by atoms with Gasteiger partial charge in [0.05, 0.1) is 17.4 Å². The fraction of sp³-hybridized carbons (Fsp3) is 0.538. The molecule has 0 saturated heterocycles. The molecule has 1 aromatic heterocycles. The third-order valence-electron chi connectivity index (χ3n) is 2.92. The van der Waals surface area contributed by atoms with Crippen molar-refractivity contribution >= 4 is 11.5 Å². The highest BCUT2D eigenvalue weighted by Gasteiger charge is 2.13. The van der Waals surface area contributed by atoms with Crippen LogP contribution in [0.5, 0.6) is 0 Å². The Balaban J connectivity index is 3.00. The Morgan fingerprint density at radius 2 is 2.24 bits per heavy atom. The van der Waals surface area contributed by atoms with E-state index in [1.807, 2.05) is 0 Å². The summed E-state index contributed by atoms with van der Waals surface area (Å²) < 4.78 is 0. The quantitative estimate of drug-likeness (QED) is 0.846. The summed E-state index contributed by atoms with van der Waals surface area (Å²) >= 11 is 0. The Kier molecular flexibility index (Phi) is 4.77. The Labute approximate surface area is 103 Å². The lowest BCUT2D eigenvalue weighted by Crippen LogP contribution is -2.29. The number of hydrogen-bond acceptors (Lipinski definition) is 4. The van der Waals surface area contributed by atoms with Gasteiger partial charge in [0, 0.05) is 13.1 Å². The minimum atomic E-state index is 0.532. The summed E-state index contributed by atoms with van der Waals surface area (Å²) in [5, 5.41) is 9.11. The van der Waals surface area contributed by atoms with E-state index in [0.29, 0.717) is 17.2 Å². The molecule has 1 unspecified atom stereocenters. The molecular weight excluding hydrogens is 212 g/mol. The van der Waals surface area contributed by atoms with Gasteiger partial charge in [-0.15, -0.1) is 0 Å². The van der Waals surface area contributed by atoms with E-state index in [2.05, 4.69) is 36.7 Å². The lowest BCUT2D eigenvalue weighted by atomic mass is 10.1. The molecule has 0 aromatic carbocycles. The second-order valence-corrected chi connectivity index (χ2v) is 4.30. The molecule has 0 radical (unpaired) electrons. The van der Waals surface area contributed by atoms with Crippen LogP contribution in [-0.4, -0.2) is 18.1 Å². The third kappa shape index (κ3) is 3.35. The first kappa shape index (κ1) is 13.3. The van der Waals surface area contributed by atoms with Crippen LogP contribution in [0, 0.1) is 17.2 Å². The molecule has 0 fully saturated rings. The van der Waals surface area contributed by atoms with Crippen molar-refractivity contribution in [3.8, 4) is 6.07 Å². The standard InChI is InChI=1S/C13H20N4/c1-4-10(3)9-17(5-2)13-11(7-14)6-12(15)8-16-13/h6,8,10H,4-5,9,15H2,1-3H3. The zero-order chi connectivity index (χ0) is 12.8. The zero-order valence-corrected chi connectivity index (χ0v) is 10.8. The van der Waals surface area contributed by atoms with E-state index in [9.17, 15) is 0 Å². The predicted molar refractivity (Wildman–Crippen MR) is 70.7 cm³/mol. The molecule has 2 N–H and O–H groups in total. The number of nitrogen functional groups attached to an aromatic ring is 1. The SMILES string of the molecule is CCC(C)CN(CC)c1ncc(N)cc1C#N. The van der Waals surface area contributed by atoms with E-state index in [1.165, 1.54) is 0 Å². The molecule has 17 heavy (non-hydrogen) atoms. The Morgan fingerprint density at radius 1 is 1.53 bits per heavy atom. The molecule has 0 aliphatic carbocycles. The first-order valence-corrected chi connectivity index (χ1v) is 6.02. The maximum Gasteiger partial charge on any atom is 0.146 e.